The number of rotatable bonds is 7. The first-order valence-electron chi connectivity index (χ1n) is 7.22. The van der Waals surface area contributed by atoms with E-state index in [-0.39, 0.29) is 12.1 Å². The number of hydrogen-bond acceptors (Lipinski definition) is 4. The highest BCUT2D eigenvalue weighted by Gasteiger charge is 2.35. The second kappa shape index (κ2) is 5.87. The third kappa shape index (κ3) is 3.67. The van der Waals surface area contributed by atoms with Gasteiger partial charge in [0.2, 0.25) is 0 Å². The van der Waals surface area contributed by atoms with Crippen LogP contribution in [0, 0.1) is 0 Å². The Hall–Kier alpha value is -0.160. The second-order valence-corrected chi connectivity index (χ2v) is 6.37. The monoisotopic (exact) mass is 256 g/mol. The Morgan fingerprint density at radius 1 is 1.44 bits per heavy atom. The fraction of sp³-hybridized carbons (Fsp3) is 1.00. The van der Waals surface area contributed by atoms with Crippen LogP contribution in [0.15, 0.2) is 0 Å². The molecule has 3 atom stereocenters. The molecule has 106 valence electrons. The molecule has 18 heavy (non-hydrogen) atoms. The topological polar surface area (TPSA) is 44.7 Å². The highest BCUT2D eigenvalue weighted by molar-refractivity contribution is 4.95. The van der Waals surface area contributed by atoms with Crippen molar-refractivity contribution in [3.63, 3.8) is 0 Å². The van der Waals surface area contributed by atoms with E-state index >= 15 is 0 Å². The zero-order valence-corrected chi connectivity index (χ0v) is 12.0. The van der Waals surface area contributed by atoms with E-state index in [2.05, 4.69) is 31.1 Å². The van der Waals surface area contributed by atoms with Gasteiger partial charge >= 0.3 is 0 Å². The summed E-state index contributed by atoms with van der Waals surface area (Å²) >= 11 is 0. The predicted molar refractivity (Wildman–Crippen MR) is 72.7 cm³/mol. The fourth-order valence-electron chi connectivity index (χ4n) is 2.89. The summed E-state index contributed by atoms with van der Waals surface area (Å²) in [5, 5.41) is 13.2. The first-order valence-corrected chi connectivity index (χ1v) is 7.22. The third-order valence-electron chi connectivity index (χ3n) is 4.40. The summed E-state index contributed by atoms with van der Waals surface area (Å²) in [5.74, 6) is 0. The standard InChI is InChI=1S/C14H28N2O2/c1-11(16(3)13-6-7-18-9-13)8-14(2,10-17)15-12-4-5-12/h11-13,15,17H,4-10H2,1-3H3. The number of nitrogens with one attached hydrogen (secondary N) is 1. The van der Waals surface area contributed by atoms with E-state index in [1.807, 2.05) is 0 Å². The molecule has 0 spiro atoms. The molecular weight excluding hydrogens is 228 g/mol. The summed E-state index contributed by atoms with van der Waals surface area (Å²) in [4.78, 5) is 2.41. The van der Waals surface area contributed by atoms with Gasteiger partial charge in [0.25, 0.3) is 0 Å². The molecule has 0 amide bonds. The van der Waals surface area contributed by atoms with E-state index < -0.39 is 0 Å². The number of nitrogens with zero attached hydrogens (tertiary/aromatic N) is 1. The van der Waals surface area contributed by atoms with Crippen molar-refractivity contribution in [2.24, 2.45) is 0 Å². The predicted octanol–water partition coefficient (Wildman–Crippen LogP) is 0.989. The molecule has 1 heterocycles. The van der Waals surface area contributed by atoms with Crippen molar-refractivity contribution in [3.8, 4) is 0 Å². The van der Waals surface area contributed by atoms with E-state index in [1.165, 1.54) is 12.8 Å². The molecular formula is C14H28N2O2. The van der Waals surface area contributed by atoms with Crippen LogP contribution in [0.25, 0.3) is 0 Å². The Labute approximate surface area is 111 Å². The van der Waals surface area contributed by atoms with Crippen molar-refractivity contribution >= 4 is 0 Å². The summed E-state index contributed by atoms with van der Waals surface area (Å²) in [7, 11) is 2.18. The maximum absolute atomic E-state index is 9.65. The lowest BCUT2D eigenvalue weighted by Gasteiger charge is -2.37. The molecule has 2 aliphatic rings. The molecule has 2 fully saturated rings. The van der Waals surface area contributed by atoms with Gasteiger partial charge in [-0.25, -0.2) is 0 Å². The summed E-state index contributed by atoms with van der Waals surface area (Å²) in [6.45, 7) is 6.34. The van der Waals surface area contributed by atoms with Gasteiger partial charge in [-0.15, -0.1) is 0 Å². The van der Waals surface area contributed by atoms with Crippen LogP contribution >= 0.6 is 0 Å². The Kier molecular flexibility index (Phi) is 4.64. The average Bonchev–Trinajstić information content (AvgIpc) is 2.98. The van der Waals surface area contributed by atoms with Crippen molar-refractivity contribution in [1.29, 1.82) is 0 Å². The van der Waals surface area contributed by atoms with Crippen molar-refractivity contribution < 1.29 is 9.84 Å². The lowest BCUT2D eigenvalue weighted by molar-refractivity contribution is 0.0950. The smallest absolute Gasteiger partial charge is 0.0622 e. The highest BCUT2D eigenvalue weighted by atomic mass is 16.5. The minimum Gasteiger partial charge on any atom is -0.394 e. The Balaban J connectivity index is 1.84. The van der Waals surface area contributed by atoms with Crippen LogP contribution in [0.4, 0.5) is 0 Å². The normalized spacial score (nSPS) is 29.5. The van der Waals surface area contributed by atoms with Gasteiger partial charge in [-0.3, -0.25) is 4.90 Å². The molecule has 0 radical (unpaired) electrons. The van der Waals surface area contributed by atoms with Crippen molar-refractivity contribution in [1.82, 2.24) is 10.2 Å². The summed E-state index contributed by atoms with van der Waals surface area (Å²) in [5.41, 5.74) is -0.145. The number of hydrogen-bond donors (Lipinski definition) is 2. The molecule has 1 aliphatic carbocycles. The molecule has 3 unspecified atom stereocenters. The van der Waals surface area contributed by atoms with Gasteiger partial charge in [0.1, 0.15) is 0 Å². The van der Waals surface area contributed by atoms with Gasteiger partial charge in [0.15, 0.2) is 0 Å². The molecule has 1 aliphatic heterocycles. The minimum atomic E-state index is -0.145. The van der Waals surface area contributed by atoms with Crippen LogP contribution in [0.3, 0.4) is 0 Å². The van der Waals surface area contributed by atoms with Crippen LogP contribution < -0.4 is 5.32 Å². The highest BCUT2D eigenvalue weighted by Crippen LogP contribution is 2.26. The first kappa shape index (κ1) is 14.3. The minimum absolute atomic E-state index is 0.145. The lowest BCUT2D eigenvalue weighted by atomic mass is 9.93. The maximum Gasteiger partial charge on any atom is 0.0622 e. The summed E-state index contributed by atoms with van der Waals surface area (Å²) in [6.07, 6.45) is 4.63. The molecule has 0 aromatic heterocycles. The van der Waals surface area contributed by atoms with E-state index in [4.69, 9.17) is 4.74 Å². The van der Waals surface area contributed by atoms with Gasteiger partial charge in [0, 0.05) is 30.3 Å². The molecule has 0 aromatic carbocycles. The fourth-order valence-corrected chi connectivity index (χ4v) is 2.89. The van der Waals surface area contributed by atoms with Crippen molar-refractivity contribution in [2.75, 3.05) is 26.9 Å². The quantitative estimate of drug-likeness (QED) is 0.713. The van der Waals surface area contributed by atoms with Crippen LogP contribution in [0.1, 0.15) is 39.5 Å². The molecule has 4 nitrogen and oxygen atoms in total. The number of aliphatic hydroxyl groups is 1. The lowest BCUT2D eigenvalue weighted by Crippen LogP contribution is -2.52. The molecule has 0 bridgehead atoms. The van der Waals surface area contributed by atoms with Gasteiger partial charge in [-0.05, 0) is 46.6 Å². The summed E-state index contributed by atoms with van der Waals surface area (Å²) in [6, 6.07) is 1.64. The van der Waals surface area contributed by atoms with Crippen LogP contribution in [0.2, 0.25) is 0 Å². The molecule has 1 saturated heterocycles. The molecule has 2 rings (SSSR count). The van der Waals surface area contributed by atoms with E-state index in [0.29, 0.717) is 18.1 Å². The van der Waals surface area contributed by atoms with E-state index in [0.717, 1.165) is 26.1 Å². The van der Waals surface area contributed by atoms with Crippen LogP contribution in [-0.4, -0.2) is 60.5 Å². The van der Waals surface area contributed by atoms with Gasteiger partial charge in [-0.1, -0.05) is 0 Å². The van der Waals surface area contributed by atoms with Crippen molar-refractivity contribution in [2.45, 2.75) is 63.2 Å². The Morgan fingerprint density at radius 3 is 2.67 bits per heavy atom. The first-order chi connectivity index (χ1) is 8.54. The Morgan fingerprint density at radius 2 is 2.17 bits per heavy atom. The molecule has 2 N–H and O–H groups in total. The van der Waals surface area contributed by atoms with Gasteiger partial charge in [-0.2, -0.15) is 0 Å². The summed E-state index contributed by atoms with van der Waals surface area (Å²) < 4.78 is 5.45. The van der Waals surface area contributed by atoms with Gasteiger partial charge in [0.05, 0.1) is 13.2 Å². The number of ether oxygens (including phenoxy) is 1. The number of likely N-dealkylation sites (N-methyl/N-ethyl adjacent to an activating group) is 1. The van der Waals surface area contributed by atoms with E-state index in [1.54, 1.807) is 0 Å². The van der Waals surface area contributed by atoms with Crippen LogP contribution in [0.5, 0.6) is 0 Å². The second-order valence-electron chi connectivity index (χ2n) is 6.37. The SMILES string of the molecule is CC(CC(C)(CO)NC1CC1)N(C)C1CCOC1. The van der Waals surface area contributed by atoms with Crippen LogP contribution in [-0.2, 0) is 4.74 Å². The zero-order valence-electron chi connectivity index (χ0n) is 12.0. The Bertz CT molecular complexity index is 265. The molecule has 0 aromatic rings. The average molecular weight is 256 g/mol. The maximum atomic E-state index is 9.65. The van der Waals surface area contributed by atoms with Crippen molar-refractivity contribution in [3.05, 3.63) is 0 Å². The third-order valence-corrected chi connectivity index (χ3v) is 4.40. The largest absolute Gasteiger partial charge is 0.394 e. The number of aliphatic hydroxyl groups excluding tert-OH is 1. The molecule has 1 saturated carbocycles. The molecule has 4 heteroatoms. The zero-order chi connectivity index (χ0) is 13.2. The van der Waals surface area contributed by atoms with E-state index in [9.17, 15) is 5.11 Å². The van der Waals surface area contributed by atoms with Gasteiger partial charge < -0.3 is 15.2 Å².